The van der Waals surface area contributed by atoms with E-state index in [1.54, 1.807) is 0 Å². The van der Waals surface area contributed by atoms with Gasteiger partial charge in [-0.2, -0.15) is 0 Å². The van der Waals surface area contributed by atoms with Crippen LogP contribution >= 0.6 is 0 Å². The van der Waals surface area contributed by atoms with Gasteiger partial charge < -0.3 is 31.9 Å². The normalized spacial score (nSPS) is 13.9. The average molecular weight is 328 g/mol. The van der Waals surface area contributed by atoms with Gasteiger partial charge in [-0.15, -0.1) is 0 Å². The summed E-state index contributed by atoms with van der Waals surface area (Å²) in [5.74, 6) is -2.41. The molecule has 0 aliphatic rings. The van der Waals surface area contributed by atoms with Crippen LogP contribution in [0.4, 0.5) is 0 Å². The molecule has 0 bridgehead atoms. The molecule has 0 saturated heterocycles. The highest BCUT2D eigenvalue weighted by Gasteiger charge is 2.16. The summed E-state index contributed by atoms with van der Waals surface area (Å²) in [5.41, 5.74) is 11.0. The lowest BCUT2D eigenvalue weighted by Crippen LogP contribution is -2.39. The van der Waals surface area contributed by atoms with Crippen LogP contribution in [0.2, 0.25) is 0 Å². The molecule has 0 amide bonds. The summed E-state index contributed by atoms with van der Waals surface area (Å²) in [7, 11) is 0. The molecule has 0 aromatic heterocycles. The molecule has 1 rings (SSSR count). The molecule has 128 valence electrons. The van der Waals surface area contributed by atoms with Crippen molar-refractivity contribution in [1.82, 2.24) is 0 Å². The minimum absolute atomic E-state index is 0.121. The van der Waals surface area contributed by atoms with Crippen molar-refractivity contribution in [2.45, 2.75) is 31.5 Å². The number of carbonyl (C=O) groups is 3. The number of phenols is 1. The lowest BCUT2D eigenvalue weighted by atomic mass is 10.0. The summed E-state index contributed by atoms with van der Waals surface area (Å²) in [6.07, 6.45) is -0.353. The number of benzene rings is 1. The molecule has 0 aliphatic heterocycles. The standard InChI is InChI=1S/C10H11NO4.C4H9NO3/c11-8(10(14)15)4-6-1-2-9(13)7(3-6)5-12;1-2(6)3(5)4(7)8/h1-3,5,8,13H,4,11H2,(H,14,15);2-3,6H,5H2,1H3,(H,7,8)/t8-;2-,3+/m01/s1. The third kappa shape index (κ3) is 7.36. The largest absolute Gasteiger partial charge is 0.507 e. The zero-order chi connectivity index (χ0) is 18.2. The van der Waals surface area contributed by atoms with E-state index in [0.29, 0.717) is 11.8 Å². The van der Waals surface area contributed by atoms with Gasteiger partial charge in [-0.1, -0.05) is 6.07 Å². The van der Waals surface area contributed by atoms with Gasteiger partial charge in [-0.05, 0) is 31.0 Å². The van der Waals surface area contributed by atoms with Crippen molar-refractivity contribution in [1.29, 1.82) is 0 Å². The van der Waals surface area contributed by atoms with Gasteiger partial charge in [0.1, 0.15) is 17.8 Å². The number of aromatic hydroxyl groups is 1. The Hall–Kier alpha value is -2.49. The van der Waals surface area contributed by atoms with Crippen LogP contribution in [0.5, 0.6) is 5.75 Å². The van der Waals surface area contributed by atoms with Gasteiger partial charge in [0.2, 0.25) is 0 Å². The Bertz CT molecular complexity index is 560. The minimum atomic E-state index is -1.18. The molecule has 9 heteroatoms. The van der Waals surface area contributed by atoms with Gasteiger partial charge in [0.25, 0.3) is 0 Å². The minimum Gasteiger partial charge on any atom is -0.507 e. The second-order valence-electron chi connectivity index (χ2n) is 4.76. The Balaban J connectivity index is 0.000000515. The Morgan fingerprint density at radius 3 is 2.13 bits per heavy atom. The van der Waals surface area contributed by atoms with Gasteiger partial charge in [-0.25, -0.2) is 0 Å². The zero-order valence-corrected chi connectivity index (χ0v) is 12.4. The van der Waals surface area contributed by atoms with Gasteiger partial charge in [0.15, 0.2) is 6.29 Å². The molecule has 0 radical (unpaired) electrons. The predicted octanol–water partition coefficient (Wildman–Crippen LogP) is -1.06. The Morgan fingerprint density at radius 1 is 1.22 bits per heavy atom. The molecular formula is C14H20N2O7. The summed E-state index contributed by atoms with van der Waals surface area (Å²) in [5, 5.41) is 34.3. The van der Waals surface area contributed by atoms with E-state index in [1.165, 1.54) is 25.1 Å². The van der Waals surface area contributed by atoms with Crippen LogP contribution in [0.25, 0.3) is 0 Å². The second kappa shape index (κ2) is 9.51. The van der Waals surface area contributed by atoms with Crippen molar-refractivity contribution in [3.8, 4) is 5.75 Å². The molecule has 9 nitrogen and oxygen atoms in total. The van der Waals surface area contributed by atoms with Crippen LogP contribution in [0.1, 0.15) is 22.8 Å². The van der Waals surface area contributed by atoms with Gasteiger partial charge in [-0.3, -0.25) is 14.4 Å². The number of carboxylic acid groups (broad SMARTS) is 2. The van der Waals surface area contributed by atoms with Crippen LogP contribution in [0, 0.1) is 0 Å². The molecule has 0 fully saturated rings. The third-order valence-electron chi connectivity index (χ3n) is 2.80. The number of aldehydes is 1. The van der Waals surface area contributed by atoms with E-state index in [2.05, 4.69) is 0 Å². The fraction of sp³-hybridized carbons (Fsp3) is 0.357. The van der Waals surface area contributed by atoms with Crippen molar-refractivity contribution in [3.63, 3.8) is 0 Å². The van der Waals surface area contributed by atoms with Crippen LogP contribution in [-0.2, 0) is 16.0 Å². The predicted molar refractivity (Wildman–Crippen MR) is 80.1 cm³/mol. The Labute approximate surface area is 132 Å². The molecular weight excluding hydrogens is 308 g/mol. The third-order valence-corrected chi connectivity index (χ3v) is 2.80. The maximum Gasteiger partial charge on any atom is 0.323 e. The monoisotopic (exact) mass is 328 g/mol. The van der Waals surface area contributed by atoms with Crippen LogP contribution in [0.3, 0.4) is 0 Å². The van der Waals surface area contributed by atoms with Crippen LogP contribution in [0.15, 0.2) is 18.2 Å². The second-order valence-corrected chi connectivity index (χ2v) is 4.76. The molecule has 0 saturated carbocycles. The summed E-state index contributed by atoms with van der Waals surface area (Å²) in [6.45, 7) is 1.33. The molecule has 1 aromatic rings. The molecule has 23 heavy (non-hydrogen) atoms. The van der Waals surface area contributed by atoms with E-state index in [9.17, 15) is 19.5 Å². The highest BCUT2D eigenvalue weighted by Crippen LogP contribution is 2.17. The Morgan fingerprint density at radius 2 is 1.78 bits per heavy atom. The molecule has 8 N–H and O–H groups in total. The smallest absolute Gasteiger partial charge is 0.323 e. The van der Waals surface area contributed by atoms with E-state index >= 15 is 0 Å². The maximum atomic E-state index is 10.5. The van der Waals surface area contributed by atoms with Crippen molar-refractivity contribution in [2.75, 3.05) is 0 Å². The number of phenolic OH excluding ortho intramolecular Hbond substituents is 1. The first kappa shape index (κ1) is 20.5. The van der Waals surface area contributed by atoms with E-state index in [4.69, 9.17) is 26.8 Å². The molecule has 0 heterocycles. The Kier molecular flexibility index (Phi) is 8.48. The fourth-order valence-electron chi connectivity index (χ4n) is 1.37. The number of nitrogens with two attached hydrogens (primary N) is 2. The van der Waals surface area contributed by atoms with Crippen LogP contribution in [-0.4, -0.2) is 56.8 Å². The van der Waals surface area contributed by atoms with Crippen molar-refractivity contribution in [3.05, 3.63) is 29.3 Å². The SMILES string of the molecule is C[C@@H](O)[C@H](N)C(=O)O.N[C@@H](Cc1ccc(O)c(C=O)c1)C(=O)O. The van der Waals surface area contributed by atoms with E-state index in [0.717, 1.165) is 0 Å². The highest BCUT2D eigenvalue weighted by atomic mass is 16.4. The number of aliphatic hydroxyl groups excluding tert-OH is 1. The van der Waals surface area contributed by atoms with E-state index in [1.807, 2.05) is 0 Å². The maximum absolute atomic E-state index is 10.5. The lowest BCUT2D eigenvalue weighted by molar-refractivity contribution is -0.141. The van der Waals surface area contributed by atoms with Crippen molar-refractivity contribution >= 4 is 18.2 Å². The van der Waals surface area contributed by atoms with Gasteiger partial charge in [0.05, 0.1) is 11.7 Å². The zero-order valence-electron chi connectivity index (χ0n) is 12.4. The molecule has 0 aliphatic carbocycles. The molecule has 0 unspecified atom stereocenters. The number of carbonyl (C=O) groups excluding carboxylic acids is 1. The van der Waals surface area contributed by atoms with Gasteiger partial charge in [0, 0.05) is 0 Å². The van der Waals surface area contributed by atoms with Crippen molar-refractivity contribution < 1.29 is 34.8 Å². The number of hydrogen-bond acceptors (Lipinski definition) is 7. The van der Waals surface area contributed by atoms with Crippen molar-refractivity contribution in [2.24, 2.45) is 11.5 Å². The topological polar surface area (TPSA) is 184 Å². The molecule has 1 aromatic carbocycles. The number of carboxylic acids is 2. The first-order valence-electron chi connectivity index (χ1n) is 6.52. The number of aliphatic hydroxyl groups is 1. The summed E-state index contributed by atoms with van der Waals surface area (Å²) in [6, 6.07) is 2.13. The van der Waals surface area contributed by atoms with E-state index < -0.39 is 30.1 Å². The number of aliphatic carboxylic acids is 2. The van der Waals surface area contributed by atoms with E-state index in [-0.39, 0.29) is 17.7 Å². The fourth-order valence-corrected chi connectivity index (χ4v) is 1.37. The summed E-state index contributed by atoms with van der Waals surface area (Å²) >= 11 is 0. The molecule has 0 spiro atoms. The first-order valence-corrected chi connectivity index (χ1v) is 6.52. The quantitative estimate of drug-likeness (QED) is 0.354. The first-order chi connectivity index (χ1) is 10.6. The average Bonchev–Trinajstić information content (AvgIpc) is 2.48. The van der Waals surface area contributed by atoms with Crippen LogP contribution < -0.4 is 11.5 Å². The summed E-state index contributed by atoms with van der Waals surface area (Å²) in [4.78, 5) is 30.8. The summed E-state index contributed by atoms with van der Waals surface area (Å²) < 4.78 is 0. The van der Waals surface area contributed by atoms with Gasteiger partial charge >= 0.3 is 11.9 Å². The number of hydrogen-bond donors (Lipinski definition) is 6. The molecule has 3 atom stereocenters. The highest BCUT2D eigenvalue weighted by molar-refractivity contribution is 5.79. The lowest BCUT2D eigenvalue weighted by Gasteiger charge is -2.07. The number of rotatable bonds is 6.